The van der Waals surface area contributed by atoms with E-state index in [2.05, 4.69) is 15.6 Å². The predicted molar refractivity (Wildman–Crippen MR) is 104 cm³/mol. The SMILES string of the molecule is O=C(NCCn1nc(-c2ccco2)ccc1=O)C1(c2cc(-c3ccco3)on2)CC1. The molecule has 0 aromatic carbocycles. The Morgan fingerprint density at radius 2 is 1.83 bits per heavy atom. The predicted octanol–water partition coefficient (Wildman–Crippen LogP) is 2.60. The van der Waals surface area contributed by atoms with Crippen molar-refractivity contribution in [3.63, 3.8) is 0 Å². The molecule has 0 radical (unpaired) electrons. The van der Waals surface area contributed by atoms with Gasteiger partial charge in [-0.15, -0.1) is 0 Å². The number of aromatic nitrogens is 3. The van der Waals surface area contributed by atoms with Crippen LogP contribution in [-0.2, 0) is 16.8 Å². The number of amides is 1. The molecule has 1 amide bonds. The Labute approximate surface area is 170 Å². The van der Waals surface area contributed by atoms with E-state index in [1.165, 1.54) is 10.7 Å². The van der Waals surface area contributed by atoms with E-state index < -0.39 is 5.41 Å². The first-order chi connectivity index (χ1) is 14.7. The van der Waals surface area contributed by atoms with Gasteiger partial charge in [0.05, 0.1) is 30.2 Å². The molecule has 5 rings (SSSR count). The zero-order valence-corrected chi connectivity index (χ0v) is 15.9. The molecule has 0 aliphatic heterocycles. The second kappa shape index (κ2) is 7.18. The van der Waals surface area contributed by atoms with E-state index in [1.54, 1.807) is 48.9 Å². The van der Waals surface area contributed by atoms with Crippen molar-refractivity contribution in [3.05, 3.63) is 71.0 Å². The Balaban J connectivity index is 1.25. The normalized spacial score (nSPS) is 14.5. The quantitative estimate of drug-likeness (QED) is 0.501. The maximum absolute atomic E-state index is 12.8. The molecule has 1 aliphatic rings. The van der Waals surface area contributed by atoms with Crippen LogP contribution in [0.25, 0.3) is 23.0 Å². The van der Waals surface area contributed by atoms with Gasteiger partial charge in [-0.3, -0.25) is 9.59 Å². The van der Waals surface area contributed by atoms with Crippen LogP contribution in [0.5, 0.6) is 0 Å². The Morgan fingerprint density at radius 3 is 2.53 bits per heavy atom. The lowest BCUT2D eigenvalue weighted by molar-refractivity contribution is -0.123. The lowest BCUT2D eigenvalue weighted by Gasteiger charge is -2.13. The van der Waals surface area contributed by atoms with Crippen molar-refractivity contribution >= 4 is 5.91 Å². The molecule has 1 fully saturated rings. The number of hydrogen-bond acceptors (Lipinski definition) is 7. The van der Waals surface area contributed by atoms with Crippen molar-refractivity contribution in [1.82, 2.24) is 20.3 Å². The van der Waals surface area contributed by atoms with Gasteiger partial charge in [-0.05, 0) is 43.2 Å². The van der Waals surface area contributed by atoms with Crippen molar-refractivity contribution in [2.75, 3.05) is 6.54 Å². The number of nitrogens with zero attached hydrogens (tertiary/aromatic N) is 3. The first-order valence-electron chi connectivity index (χ1n) is 9.57. The van der Waals surface area contributed by atoms with Crippen LogP contribution in [0.15, 0.2) is 73.1 Å². The van der Waals surface area contributed by atoms with E-state index >= 15 is 0 Å². The third kappa shape index (κ3) is 3.24. The second-order valence-corrected chi connectivity index (χ2v) is 7.15. The molecule has 4 heterocycles. The van der Waals surface area contributed by atoms with Gasteiger partial charge in [0.2, 0.25) is 11.7 Å². The van der Waals surface area contributed by atoms with Crippen LogP contribution in [0.4, 0.5) is 0 Å². The highest BCUT2D eigenvalue weighted by Gasteiger charge is 2.53. The van der Waals surface area contributed by atoms with E-state index in [1.807, 2.05) is 0 Å². The van der Waals surface area contributed by atoms with Gasteiger partial charge < -0.3 is 18.7 Å². The van der Waals surface area contributed by atoms with Crippen molar-refractivity contribution in [1.29, 1.82) is 0 Å². The molecular weight excluding hydrogens is 388 g/mol. The number of carbonyl (C=O) groups is 1. The lowest BCUT2D eigenvalue weighted by atomic mass is 10.0. The number of nitrogens with one attached hydrogen (secondary N) is 1. The van der Waals surface area contributed by atoms with Crippen LogP contribution in [0.1, 0.15) is 18.5 Å². The summed E-state index contributed by atoms with van der Waals surface area (Å²) in [5, 5.41) is 11.3. The summed E-state index contributed by atoms with van der Waals surface area (Å²) in [6, 6.07) is 11.8. The van der Waals surface area contributed by atoms with Crippen molar-refractivity contribution in [3.8, 4) is 23.0 Å². The van der Waals surface area contributed by atoms with Crippen molar-refractivity contribution < 1.29 is 18.2 Å². The molecule has 0 bridgehead atoms. The number of carbonyl (C=O) groups excluding carboxylic acids is 1. The zero-order valence-electron chi connectivity index (χ0n) is 15.9. The van der Waals surface area contributed by atoms with Gasteiger partial charge >= 0.3 is 0 Å². The Bertz CT molecular complexity index is 1220. The fourth-order valence-corrected chi connectivity index (χ4v) is 3.37. The average Bonchev–Trinajstić information content (AvgIpc) is 3.23. The van der Waals surface area contributed by atoms with E-state index in [0.29, 0.717) is 41.5 Å². The minimum absolute atomic E-state index is 0.142. The largest absolute Gasteiger partial charge is 0.463 e. The second-order valence-electron chi connectivity index (χ2n) is 7.15. The topological polar surface area (TPSA) is 116 Å². The van der Waals surface area contributed by atoms with Crippen LogP contribution in [0.3, 0.4) is 0 Å². The molecule has 1 N–H and O–H groups in total. The molecule has 9 heteroatoms. The summed E-state index contributed by atoms with van der Waals surface area (Å²) >= 11 is 0. The molecule has 0 atom stereocenters. The minimum Gasteiger partial charge on any atom is -0.463 e. The molecule has 4 aromatic heterocycles. The summed E-state index contributed by atoms with van der Waals surface area (Å²) in [7, 11) is 0. The van der Waals surface area contributed by atoms with Crippen molar-refractivity contribution in [2.24, 2.45) is 0 Å². The van der Waals surface area contributed by atoms with E-state index in [9.17, 15) is 9.59 Å². The average molecular weight is 406 g/mol. The summed E-state index contributed by atoms with van der Waals surface area (Å²) in [6.07, 6.45) is 4.47. The van der Waals surface area contributed by atoms with Crippen LogP contribution in [0.2, 0.25) is 0 Å². The van der Waals surface area contributed by atoms with E-state index in [-0.39, 0.29) is 24.6 Å². The Hall–Kier alpha value is -3.88. The fraction of sp³-hybridized carbons (Fsp3) is 0.238. The highest BCUT2D eigenvalue weighted by atomic mass is 16.5. The van der Waals surface area contributed by atoms with E-state index in [0.717, 1.165) is 0 Å². The van der Waals surface area contributed by atoms with E-state index in [4.69, 9.17) is 13.4 Å². The zero-order chi connectivity index (χ0) is 20.6. The third-order valence-corrected chi connectivity index (χ3v) is 5.20. The first-order valence-corrected chi connectivity index (χ1v) is 9.57. The smallest absolute Gasteiger partial charge is 0.266 e. The molecule has 152 valence electrons. The molecule has 0 saturated heterocycles. The maximum atomic E-state index is 12.8. The molecular formula is C21H18N4O5. The highest BCUT2D eigenvalue weighted by Crippen LogP contribution is 2.48. The molecule has 0 spiro atoms. The van der Waals surface area contributed by atoms with Gasteiger partial charge in [-0.2, -0.15) is 5.10 Å². The van der Waals surface area contributed by atoms with Crippen LogP contribution in [-0.4, -0.2) is 27.4 Å². The van der Waals surface area contributed by atoms with Crippen LogP contribution in [0, 0.1) is 0 Å². The summed E-state index contributed by atoms with van der Waals surface area (Å²) in [6.45, 7) is 0.504. The third-order valence-electron chi connectivity index (χ3n) is 5.20. The number of hydrogen-bond donors (Lipinski definition) is 1. The summed E-state index contributed by atoms with van der Waals surface area (Å²) in [5.41, 5.74) is 0.197. The summed E-state index contributed by atoms with van der Waals surface area (Å²) in [5.74, 6) is 1.48. The lowest BCUT2D eigenvalue weighted by Crippen LogP contribution is -2.38. The van der Waals surface area contributed by atoms with Crippen LogP contribution < -0.4 is 10.9 Å². The molecule has 9 nitrogen and oxygen atoms in total. The van der Waals surface area contributed by atoms with Gasteiger partial charge in [0.1, 0.15) is 5.69 Å². The Morgan fingerprint density at radius 1 is 1.07 bits per heavy atom. The first kappa shape index (κ1) is 18.2. The van der Waals surface area contributed by atoms with Gasteiger partial charge in [-0.25, -0.2) is 4.68 Å². The standard InChI is InChI=1S/C21H18N4O5/c26-19-6-5-14(15-3-1-11-28-15)23-25(19)10-9-22-20(27)21(7-8-21)18-13-17(30-24-18)16-4-2-12-29-16/h1-6,11-13H,7-10H2,(H,22,27). The fourth-order valence-electron chi connectivity index (χ4n) is 3.37. The molecule has 0 unspecified atom stereocenters. The minimum atomic E-state index is -0.692. The molecule has 4 aromatic rings. The summed E-state index contributed by atoms with van der Waals surface area (Å²) in [4.78, 5) is 24.9. The van der Waals surface area contributed by atoms with Crippen LogP contribution >= 0.6 is 0 Å². The molecule has 1 saturated carbocycles. The molecule has 30 heavy (non-hydrogen) atoms. The van der Waals surface area contributed by atoms with Gasteiger partial charge in [0.25, 0.3) is 5.56 Å². The maximum Gasteiger partial charge on any atom is 0.266 e. The number of furan rings is 2. The number of rotatable bonds is 7. The monoisotopic (exact) mass is 406 g/mol. The van der Waals surface area contributed by atoms with Gasteiger partial charge in [-0.1, -0.05) is 5.16 Å². The van der Waals surface area contributed by atoms with Gasteiger partial charge in [0, 0.05) is 18.7 Å². The Kier molecular flexibility index (Phi) is 4.35. The van der Waals surface area contributed by atoms with Gasteiger partial charge in [0.15, 0.2) is 11.5 Å². The summed E-state index contributed by atoms with van der Waals surface area (Å²) < 4.78 is 17.3. The van der Waals surface area contributed by atoms with Crippen molar-refractivity contribution in [2.45, 2.75) is 24.8 Å². The highest BCUT2D eigenvalue weighted by molar-refractivity contribution is 5.90. The molecule has 1 aliphatic carbocycles.